The number of thiazole rings is 1. The second kappa shape index (κ2) is 7.29. The maximum absolute atomic E-state index is 12.1. The van der Waals surface area contributed by atoms with Gasteiger partial charge in [-0.2, -0.15) is 0 Å². The van der Waals surface area contributed by atoms with Crippen LogP contribution in [0.2, 0.25) is 0 Å². The zero-order valence-corrected chi connectivity index (χ0v) is 13.5. The number of ether oxygens (including phenoxy) is 1. The van der Waals surface area contributed by atoms with E-state index in [9.17, 15) is 4.21 Å². The van der Waals surface area contributed by atoms with Crippen LogP contribution in [0.3, 0.4) is 0 Å². The molecule has 1 saturated heterocycles. The van der Waals surface area contributed by atoms with Gasteiger partial charge in [-0.15, -0.1) is 11.3 Å². The molecule has 0 saturated carbocycles. The minimum Gasteiger partial charge on any atom is -0.378 e. The molecule has 0 unspecified atom stereocenters. The quantitative estimate of drug-likeness (QED) is 0.815. The first kappa shape index (κ1) is 14.9. The van der Waals surface area contributed by atoms with E-state index in [1.54, 1.807) is 11.3 Å². The first-order valence-corrected chi connectivity index (χ1v) is 9.58. The molecule has 3 rings (SSSR count). The number of rotatable bonds is 6. The number of benzene rings is 1. The van der Waals surface area contributed by atoms with Crippen molar-refractivity contribution in [2.75, 3.05) is 12.4 Å². The van der Waals surface area contributed by atoms with E-state index in [0.29, 0.717) is 17.6 Å². The van der Waals surface area contributed by atoms with Crippen molar-refractivity contribution < 1.29 is 8.95 Å². The zero-order valence-electron chi connectivity index (χ0n) is 11.9. The van der Waals surface area contributed by atoms with E-state index in [4.69, 9.17) is 4.74 Å². The average Bonchev–Trinajstić information content (AvgIpc) is 3.17. The molecule has 0 radical (unpaired) electrons. The Labute approximate surface area is 131 Å². The molecular formula is C16H19NO2S2. The molecule has 1 aliphatic rings. The monoisotopic (exact) mass is 321 g/mol. The van der Waals surface area contributed by atoms with Gasteiger partial charge in [0.1, 0.15) is 5.01 Å². The summed E-state index contributed by atoms with van der Waals surface area (Å²) >= 11 is 1.64. The van der Waals surface area contributed by atoms with Gasteiger partial charge in [0.2, 0.25) is 0 Å². The second-order valence-corrected chi connectivity index (χ2v) is 7.89. The molecule has 2 atom stereocenters. The molecule has 112 valence electrons. The minimum atomic E-state index is -0.842. The first-order valence-electron chi connectivity index (χ1n) is 7.28. The number of hydrogen-bond donors (Lipinski definition) is 0. The molecule has 1 fully saturated rings. The third-order valence-corrected chi connectivity index (χ3v) is 6.10. The molecule has 5 heteroatoms. The van der Waals surface area contributed by atoms with E-state index in [1.165, 1.54) is 5.56 Å². The molecule has 1 aliphatic heterocycles. The zero-order chi connectivity index (χ0) is 14.5. The molecule has 0 N–H and O–H groups in total. The molecule has 2 aromatic rings. The van der Waals surface area contributed by atoms with Crippen molar-refractivity contribution in [3.63, 3.8) is 0 Å². The predicted octanol–water partition coefficient (Wildman–Crippen LogP) is 3.63. The van der Waals surface area contributed by atoms with Crippen LogP contribution in [-0.4, -0.2) is 27.7 Å². The SMILES string of the molecule is O=[S@@](CC[C@@H]1CCCO1)Cc1ncc(-c2ccccc2)s1. The van der Waals surface area contributed by atoms with Crippen molar-refractivity contribution in [3.8, 4) is 10.4 Å². The van der Waals surface area contributed by atoms with Crippen molar-refractivity contribution in [2.24, 2.45) is 0 Å². The summed E-state index contributed by atoms with van der Waals surface area (Å²) in [4.78, 5) is 5.55. The second-order valence-electron chi connectivity index (χ2n) is 5.20. The lowest BCUT2D eigenvalue weighted by Gasteiger charge is -2.07. The molecule has 2 heterocycles. The van der Waals surface area contributed by atoms with E-state index in [0.717, 1.165) is 35.8 Å². The third-order valence-electron chi connectivity index (χ3n) is 3.59. The Hall–Kier alpha value is -1.04. The highest BCUT2D eigenvalue weighted by atomic mass is 32.2. The van der Waals surface area contributed by atoms with Gasteiger partial charge in [0.05, 0.1) is 16.7 Å². The fraction of sp³-hybridized carbons (Fsp3) is 0.438. The summed E-state index contributed by atoms with van der Waals surface area (Å²) in [5.41, 5.74) is 1.17. The Morgan fingerprint density at radius 1 is 1.33 bits per heavy atom. The lowest BCUT2D eigenvalue weighted by molar-refractivity contribution is 0.109. The van der Waals surface area contributed by atoms with Crippen LogP contribution in [-0.2, 0) is 21.3 Å². The average molecular weight is 321 g/mol. The van der Waals surface area contributed by atoms with Crippen LogP contribution in [0, 0.1) is 0 Å². The van der Waals surface area contributed by atoms with Crippen LogP contribution in [0.15, 0.2) is 36.5 Å². The molecule has 3 nitrogen and oxygen atoms in total. The molecule has 1 aromatic heterocycles. The molecule has 1 aromatic carbocycles. The Balaban J connectivity index is 1.53. The van der Waals surface area contributed by atoms with E-state index in [2.05, 4.69) is 17.1 Å². The molecular weight excluding hydrogens is 302 g/mol. The molecule has 0 amide bonds. The highest BCUT2D eigenvalue weighted by Gasteiger charge is 2.17. The molecule has 21 heavy (non-hydrogen) atoms. The van der Waals surface area contributed by atoms with Crippen molar-refractivity contribution >= 4 is 22.1 Å². The van der Waals surface area contributed by atoms with E-state index >= 15 is 0 Å². The molecule has 0 bridgehead atoms. The van der Waals surface area contributed by atoms with Crippen LogP contribution < -0.4 is 0 Å². The van der Waals surface area contributed by atoms with E-state index < -0.39 is 10.8 Å². The summed E-state index contributed by atoms with van der Waals surface area (Å²) in [6.45, 7) is 0.865. The van der Waals surface area contributed by atoms with Crippen LogP contribution in [0.25, 0.3) is 10.4 Å². The normalized spacial score (nSPS) is 19.7. The highest BCUT2D eigenvalue weighted by molar-refractivity contribution is 7.84. The standard InChI is InChI=1S/C16H19NO2S2/c18-21(10-8-14-7-4-9-19-14)12-16-17-11-15(20-16)13-5-2-1-3-6-13/h1-3,5-6,11,14H,4,7-10,12H2/t14-,21-/m0/s1. The first-order chi connectivity index (χ1) is 10.3. The maximum Gasteiger partial charge on any atom is 0.106 e. The van der Waals surface area contributed by atoms with Crippen molar-refractivity contribution in [1.82, 2.24) is 4.98 Å². The minimum absolute atomic E-state index is 0.324. The van der Waals surface area contributed by atoms with E-state index in [-0.39, 0.29) is 0 Å². The predicted molar refractivity (Wildman–Crippen MR) is 87.9 cm³/mol. The Bertz CT molecular complexity index is 591. The molecule has 0 spiro atoms. The van der Waals surface area contributed by atoms with Crippen LogP contribution in [0.4, 0.5) is 0 Å². The van der Waals surface area contributed by atoms with Gasteiger partial charge < -0.3 is 4.74 Å². The van der Waals surface area contributed by atoms with Gasteiger partial charge in [-0.05, 0) is 24.8 Å². The maximum atomic E-state index is 12.1. The topological polar surface area (TPSA) is 39.2 Å². The van der Waals surface area contributed by atoms with Crippen LogP contribution >= 0.6 is 11.3 Å². The molecule has 0 aliphatic carbocycles. The van der Waals surface area contributed by atoms with Crippen molar-refractivity contribution in [3.05, 3.63) is 41.5 Å². The van der Waals surface area contributed by atoms with Crippen molar-refractivity contribution in [2.45, 2.75) is 31.1 Å². The van der Waals surface area contributed by atoms with Gasteiger partial charge in [0.15, 0.2) is 0 Å². The van der Waals surface area contributed by atoms with Crippen LogP contribution in [0.1, 0.15) is 24.3 Å². The van der Waals surface area contributed by atoms with Gasteiger partial charge in [0, 0.05) is 29.4 Å². The lowest BCUT2D eigenvalue weighted by Crippen LogP contribution is -2.11. The number of aromatic nitrogens is 1. The smallest absolute Gasteiger partial charge is 0.106 e. The largest absolute Gasteiger partial charge is 0.378 e. The summed E-state index contributed by atoms with van der Waals surface area (Å²) in [5, 5.41) is 0.958. The lowest BCUT2D eigenvalue weighted by atomic mass is 10.2. The number of hydrogen-bond acceptors (Lipinski definition) is 4. The Kier molecular flexibility index (Phi) is 5.17. The summed E-state index contributed by atoms with van der Waals surface area (Å²) in [7, 11) is -0.842. The summed E-state index contributed by atoms with van der Waals surface area (Å²) < 4.78 is 17.7. The van der Waals surface area contributed by atoms with Gasteiger partial charge in [-0.1, -0.05) is 30.3 Å². The summed E-state index contributed by atoms with van der Waals surface area (Å²) in [6, 6.07) is 10.2. The van der Waals surface area contributed by atoms with Crippen molar-refractivity contribution in [1.29, 1.82) is 0 Å². The summed E-state index contributed by atoms with van der Waals surface area (Å²) in [5.74, 6) is 1.27. The van der Waals surface area contributed by atoms with Gasteiger partial charge in [-0.25, -0.2) is 4.98 Å². The van der Waals surface area contributed by atoms with Gasteiger partial charge in [0.25, 0.3) is 0 Å². The van der Waals surface area contributed by atoms with Gasteiger partial charge in [-0.3, -0.25) is 4.21 Å². The Morgan fingerprint density at radius 2 is 2.19 bits per heavy atom. The Morgan fingerprint density at radius 3 is 2.95 bits per heavy atom. The van der Waals surface area contributed by atoms with Gasteiger partial charge >= 0.3 is 0 Å². The van der Waals surface area contributed by atoms with E-state index in [1.807, 2.05) is 24.4 Å². The fourth-order valence-corrected chi connectivity index (χ4v) is 4.83. The fourth-order valence-electron chi connectivity index (χ4n) is 2.46. The third kappa shape index (κ3) is 4.22. The number of nitrogens with zero attached hydrogens (tertiary/aromatic N) is 1. The van der Waals surface area contributed by atoms with Crippen LogP contribution in [0.5, 0.6) is 0 Å². The summed E-state index contributed by atoms with van der Waals surface area (Å²) in [6.07, 6.45) is 5.37. The highest BCUT2D eigenvalue weighted by Crippen LogP contribution is 2.26.